The smallest absolute Gasteiger partial charge is 0.219 e. The molecule has 0 atom stereocenters. The van der Waals surface area contributed by atoms with Crippen LogP contribution in [0, 0.1) is 32.5 Å². The Bertz CT molecular complexity index is 1910. The van der Waals surface area contributed by atoms with Crippen LogP contribution >= 0.6 is 35.3 Å². The molecule has 2 aromatic rings. The van der Waals surface area contributed by atoms with E-state index in [2.05, 4.69) is 144 Å². The summed E-state index contributed by atoms with van der Waals surface area (Å²) in [5.74, 6) is 2.89. The molecular weight excluding hydrogens is 981 g/mol. The van der Waals surface area contributed by atoms with Crippen LogP contribution in [0.4, 0.5) is 0 Å². The van der Waals surface area contributed by atoms with E-state index >= 15 is 0 Å². The van der Waals surface area contributed by atoms with Crippen molar-refractivity contribution in [3.63, 3.8) is 0 Å². The van der Waals surface area contributed by atoms with Crippen molar-refractivity contribution in [3.05, 3.63) is 82.3 Å². The fourth-order valence-corrected chi connectivity index (χ4v) is 11.9. The molecule has 73 heavy (non-hydrogen) atoms. The van der Waals surface area contributed by atoms with E-state index in [9.17, 15) is 9.59 Å². The highest BCUT2D eigenvalue weighted by atomic mass is 32.2. The maximum atomic E-state index is 12.4. The van der Waals surface area contributed by atoms with Crippen molar-refractivity contribution in [2.75, 3.05) is 50.3 Å². The van der Waals surface area contributed by atoms with Crippen LogP contribution in [-0.2, 0) is 23.4 Å². The molecule has 0 aliphatic carbocycles. The van der Waals surface area contributed by atoms with Gasteiger partial charge in [0, 0.05) is 56.6 Å². The Kier molecular flexibility index (Phi) is 27.9. The summed E-state index contributed by atoms with van der Waals surface area (Å²) in [5, 5.41) is 0.556. The summed E-state index contributed by atoms with van der Waals surface area (Å²) in [5.41, 5.74) is 4.85. The molecule has 2 aromatic carbocycles. The summed E-state index contributed by atoms with van der Waals surface area (Å²) >= 11 is 4.74. The first-order valence-corrected chi connectivity index (χ1v) is 33.5. The molecule has 0 saturated carbocycles. The molecule has 0 N–H and O–H groups in total. The number of benzene rings is 2. The first kappa shape index (κ1) is 67.7. The van der Waals surface area contributed by atoms with Gasteiger partial charge in [0.2, 0.25) is 10.2 Å². The zero-order chi connectivity index (χ0) is 55.5. The highest BCUT2D eigenvalue weighted by Gasteiger charge is 2.39. The first-order chi connectivity index (χ1) is 33.7. The minimum Gasteiger partial charge on any atom is -0.416 e. The van der Waals surface area contributed by atoms with Crippen LogP contribution in [0.15, 0.2) is 60.0 Å². The fourth-order valence-electron chi connectivity index (χ4n) is 7.32. The molecule has 0 radical (unpaired) electrons. The van der Waals surface area contributed by atoms with Crippen LogP contribution in [0.5, 0.6) is 0 Å². The molecule has 0 unspecified atom stereocenters. The number of unbranched alkanes of at least 4 members (excludes halogenated alkanes) is 1. The van der Waals surface area contributed by atoms with E-state index < -0.39 is 8.32 Å². The van der Waals surface area contributed by atoms with Crippen molar-refractivity contribution in [1.29, 1.82) is 0 Å². The molecule has 2 aliphatic heterocycles. The minimum absolute atomic E-state index is 0.0398. The van der Waals surface area contributed by atoms with Crippen LogP contribution in [0.1, 0.15) is 227 Å². The van der Waals surface area contributed by atoms with Gasteiger partial charge >= 0.3 is 0 Å². The van der Waals surface area contributed by atoms with Crippen LogP contribution in [0.25, 0.3) is 0 Å². The first-order valence-electron chi connectivity index (χ1n) is 27.6. The van der Waals surface area contributed by atoms with Gasteiger partial charge in [0.1, 0.15) is 0 Å². The third kappa shape index (κ3) is 24.9. The van der Waals surface area contributed by atoms with Crippen molar-refractivity contribution >= 4 is 53.8 Å². The molecule has 11 heteroatoms. The molecule has 2 aliphatic rings. The highest BCUT2D eigenvalue weighted by molar-refractivity contribution is 8.14. The molecule has 2 heterocycles. The largest absolute Gasteiger partial charge is 0.416 e. The van der Waals surface area contributed by atoms with E-state index in [1.807, 2.05) is 60.3 Å². The second kappa shape index (κ2) is 30.1. The number of ether oxygens (including phenoxy) is 4. The van der Waals surface area contributed by atoms with Crippen LogP contribution in [0.3, 0.4) is 0 Å². The molecule has 418 valence electrons. The quantitative estimate of drug-likeness (QED) is 0.0891. The topological polar surface area (TPSA) is 80.3 Å². The second-order valence-corrected chi connectivity index (χ2v) is 34.8. The van der Waals surface area contributed by atoms with E-state index in [0.717, 1.165) is 111 Å². The number of hydrogen-bond acceptors (Lipinski definition) is 10. The van der Waals surface area contributed by atoms with Crippen molar-refractivity contribution in [1.82, 2.24) is 0 Å². The molecule has 0 amide bonds. The summed E-state index contributed by atoms with van der Waals surface area (Å²) in [6.45, 7) is 53.1. The zero-order valence-corrected chi connectivity index (χ0v) is 53.5. The SMILES string of the molecule is C=C(SCCC(C)(C)C)C(C)(C)CO[Si](C)(C)C(C)(C)C.CCC1(CC)COC(c2ccc(C(=O)SCCC(C)(C)C)cc2)OC1.CCC1(CC)COC(c2ccc(C(=O)SCCCCC(C)(C)C)cc2)OC1. The summed E-state index contributed by atoms with van der Waals surface area (Å²) in [6, 6.07) is 15.4. The average Bonchev–Trinajstić information content (AvgIpc) is 3.32. The van der Waals surface area contributed by atoms with Gasteiger partial charge in [-0.2, -0.15) is 0 Å². The summed E-state index contributed by atoms with van der Waals surface area (Å²) in [7, 11) is -1.67. The Morgan fingerprint density at radius 2 is 0.890 bits per heavy atom. The van der Waals surface area contributed by atoms with Crippen molar-refractivity contribution < 1.29 is 33.0 Å². The highest BCUT2D eigenvalue weighted by Crippen LogP contribution is 2.42. The summed E-state index contributed by atoms with van der Waals surface area (Å²) in [6.07, 6.45) is 9.35. The van der Waals surface area contributed by atoms with Crippen LogP contribution in [0.2, 0.25) is 18.1 Å². The van der Waals surface area contributed by atoms with Crippen LogP contribution in [-0.4, -0.2) is 68.8 Å². The molecular formula is C62H106O7S3Si. The zero-order valence-electron chi connectivity index (χ0n) is 50.1. The summed E-state index contributed by atoms with van der Waals surface area (Å²) in [4.78, 5) is 25.9. The van der Waals surface area contributed by atoms with Gasteiger partial charge in [-0.15, -0.1) is 11.8 Å². The van der Waals surface area contributed by atoms with Crippen molar-refractivity contribution in [2.45, 2.75) is 213 Å². The second-order valence-electron chi connectivity index (χ2n) is 26.7. The Morgan fingerprint density at radius 1 is 0.548 bits per heavy atom. The molecule has 2 fully saturated rings. The van der Waals surface area contributed by atoms with Gasteiger partial charge in [0.05, 0.1) is 26.4 Å². The third-order valence-electron chi connectivity index (χ3n) is 15.1. The van der Waals surface area contributed by atoms with Gasteiger partial charge in [-0.3, -0.25) is 9.59 Å². The molecule has 0 spiro atoms. The number of carbonyl (C=O) groups excluding carboxylic acids is 2. The normalized spacial score (nSPS) is 17.0. The van der Waals surface area contributed by atoms with Gasteiger partial charge in [-0.05, 0) is 96.4 Å². The molecule has 4 rings (SSSR count). The Balaban J connectivity index is 0.000000379. The summed E-state index contributed by atoms with van der Waals surface area (Å²) < 4.78 is 30.2. The van der Waals surface area contributed by atoms with Crippen molar-refractivity contribution in [2.24, 2.45) is 32.5 Å². The number of thioether (sulfide) groups is 3. The molecule has 0 bridgehead atoms. The lowest BCUT2D eigenvalue weighted by Crippen LogP contribution is -2.43. The van der Waals surface area contributed by atoms with E-state index in [0.29, 0.717) is 10.8 Å². The minimum atomic E-state index is -1.67. The van der Waals surface area contributed by atoms with Crippen LogP contribution < -0.4 is 0 Å². The maximum Gasteiger partial charge on any atom is 0.219 e. The molecule has 0 aromatic heterocycles. The molecule has 7 nitrogen and oxygen atoms in total. The van der Waals surface area contributed by atoms with Gasteiger partial charge in [-0.25, -0.2) is 0 Å². The third-order valence-corrected chi connectivity index (χ3v) is 22.8. The number of carbonyl (C=O) groups is 2. The Morgan fingerprint density at radius 3 is 1.22 bits per heavy atom. The lowest BCUT2D eigenvalue weighted by atomic mass is 9.83. The average molecular weight is 1090 g/mol. The standard InChI is InChI=1S/C23H36O3S.C21H32O3S.C18H38OSSi/c1-6-23(7-2)16-25-21(26-17-23)19-12-10-18(11-13-19)20(24)27-15-9-8-14-22(3,4)5;1-6-21(7-2)14-23-19(24-15-21)17-10-8-16(9-11-17)18(22)25-13-12-20(3,4)5;1-15(20-13-12-16(2,3)4)18(8,9)14-19-21(10,11)17(5,6)7/h10-13,21H,6-9,14-17H2,1-5H3;8-11,19H,6-7,12-15H2,1-5H3;1,12-14H2,2-11H3. The van der Waals surface area contributed by atoms with E-state index in [1.54, 1.807) is 0 Å². The fraction of sp³-hybridized carbons (Fsp3) is 0.742. The Hall–Kier alpha value is -1.41. The lowest BCUT2D eigenvalue weighted by Gasteiger charge is -2.39. The van der Waals surface area contributed by atoms with Crippen molar-refractivity contribution in [3.8, 4) is 0 Å². The van der Waals surface area contributed by atoms with Gasteiger partial charge in [0.15, 0.2) is 20.9 Å². The monoisotopic (exact) mass is 1090 g/mol. The Labute approximate surface area is 462 Å². The van der Waals surface area contributed by atoms with E-state index in [1.165, 1.54) is 47.7 Å². The number of rotatable bonds is 21. The number of hydrogen-bond donors (Lipinski definition) is 0. The maximum absolute atomic E-state index is 12.4. The van der Waals surface area contributed by atoms with E-state index in [-0.39, 0.29) is 49.5 Å². The van der Waals surface area contributed by atoms with Gasteiger partial charge < -0.3 is 23.4 Å². The van der Waals surface area contributed by atoms with Gasteiger partial charge in [0.25, 0.3) is 0 Å². The molecule has 2 saturated heterocycles. The van der Waals surface area contributed by atoms with Gasteiger partial charge in [-0.1, -0.05) is 210 Å². The lowest BCUT2D eigenvalue weighted by molar-refractivity contribution is -0.235. The van der Waals surface area contributed by atoms with E-state index in [4.69, 9.17) is 23.4 Å². The predicted octanol–water partition coefficient (Wildman–Crippen LogP) is 19.2. The predicted molar refractivity (Wildman–Crippen MR) is 322 cm³/mol.